The molecule has 0 radical (unpaired) electrons. The smallest absolute Gasteiger partial charge is 0.479 e. The molecular weight excluding hydrogens is 640 g/mol. The molecule has 12 heteroatoms. The van der Waals surface area contributed by atoms with Crippen LogP contribution in [0.4, 0.5) is 26.7 Å². The molecule has 50 heavy (non-hydrogen) atoms. The number of hydrogen-bond acceptors (Lipinski definition) is 8. The zero-order valence-corrected chi connectivity index (χ0v) is 30.2. The highest BCUT2D eigenvalue weighted by molar-refractivity contribution is 5.99. The van der Waals surface area contributed by atoms with Gasteiger partial charge in [-0.2, -0.15) is 9.28 Å². The Hall–Kier alpha value is -5.10. The van der Waals surface area contributed by atoms with Gasteiger partial charge in [-0.3, -0.25) is 14.5 Å². The average molecular weight is 688 g/mol. The average Bonchev–Trinajstić information content (AvgIpc) is 3.00. The first-order valence-corrected chi connectivity index (χ1v) is 16.7. The van der Waals surface area contributed by atoms with Gasteiger partial charge in [-0.15, -0.1) is 0 Å². The van der Waals surface area contributed by atoms with Gasteiger partial charge in [-0.25, -0.2) is 4.79 Å². The number of hydrogen-bond donors (Lipinski definition) is 2. The van der Waals surface area contributed by atoms with Gasteiger partial charge in [0, 0.05) is 30.8 Å². The van der Waals surface area contributed by atoms with E-state index in [4.69, 9.17) is 18.9 Å². The normalized spacial score (nSPS) is 18.2. The van der Waals surface area contributed by atoms with Gasteiger partial charge in [0.1, 0.15) is 34.9 Å². The van der Waals surface area contributed by atoms with Crippen molar-refractivity contribution in [1.29, 1.82) is 0 Å². The summed E-state index contributed by atoms with van der Waals surface area (Å²) in [5.41, 5.74) is 2.53. The number of amides is 4. The molecule has 4 amide bonds. The maximum absolute atomic E-state index is 13.9. The number of anilines is 2. The van der Waals surface area contributed by atoms with Crippen molar-refractivity contribution in [2.75, 3.05) is 17.7 Å². The predicted molar refractivity (Wildman–Crippen MR) is 190 cm³/mol. The summed E-state index contributed by atoms with van der Waals surface area (Å²) in [6, 6.07) is 18.4. The lowest BCUT2D eigenvalue weighted by molar-refractivity contribution is -0.123. The summed E-state index contributed by atoms with van der Waals surface area (Å²) >= 11 is 0. The molecule has 0 saturated carbocycles. The number of fused-ring (bicyclic) bond motifs is 2. The van der Waals surface area contributed by atoms with E-state index in [1.165, 1.54) is 0 Å². The Morgan fingerprint density at radius 3 is 1.84 bits per heavy atom. The van der Waals surface area contributed by atoms with Crippen LogP contribution >= 0.6 is 0 Å². The summed E-state index contributed by atoms with van der Waals surface area (Å²) in [6.45, 7) is 14.8. The van der Waals surface area contributed by atoms with Crippen LogP contribution in [0.2, 0.25) is 0 Å². The van der Waals surface area contributed by atoms with Gasteiger partial charge < -0.3 is 29.6 Å². The summed E-state index contributed by atoms with van der Waals surface area (Å²) < 4.78 is 22.9. The second kappa shape index (κ2) is 13.7. The van der Waals surface area contributed by atoms with Crippen molar-refractivity contribution in [3.05, 3.63) is 77.4 Å². The Kier molecular flexibility index (Phi) is 9.89. The molecule has 2 aliphatic rings. The van der Waals surface area contributed by atoms with Crippen LogP contribution < -0.4 is 24.6 Å². The molecule has 3 atom stereocenters. The van der Waals surface area contributed by atoms with Crippen LogP contribution in [0.1, 0.15) is 72.1 Å². The zero-order valence-electron chi connectivity index (χ0n) is 30.2. The molecule has 266 valence electrons. The lowest BCUT2D eigenvalue weighted by Crippen LogP contribution is -2.52. The van der Waals surface area contributed by atoms with Crippen LogP contribution in [0.5, 0.6) is 11.5 Å². The Morgan fingerprint density at radius 2 is 1.26 bits per heavy atom. The number of rotatable bonds is 7. The van der Waals surface area contributed by atoms with Gasteiger partial charge >= 0.3 is 12.2 Å². The van der Waals surface area contributed by atoms with Crippen molar-refractivity contribution in [3.63, 3.8) is 0 Å². The van der Waals surface area contributed by atoms with E-state index < -0.39 is 35.6 Å². The van der Waals surface area contributed by atoms with Gasteiger partial charge in [-0.1, -0.05) is 24.3 Å². The summed E-state index contributed by atoms with van der Waals surface area (Å²) in [5, 5.41) is 5.73. The molecule has 3 aromatic carbocycles. The molecule has 2 heterocycles. The van der Waals surface area contributed by atoms with E-state index in [-0.39, 0.29) is 35.9 Å². The predicted octanol–water partition coefficient (Wildman–Crippen LogP) is 7.14. The third-order valence-corrected chi connectivity index (χ3v) is 8.12. The number of nitrogens with one attached hydrogen (secondary N) is 2. The van der Waals surface area contributed by atoms with Gasteiger partial charge in [0.05, 0.1) is 18.4 Å². The van der Waals surface area contributed by atoms with Crippen molar-refractivity contribution in [2.45, 2.75) is 98.4 Å². The van der Waals surface area contributed by atoms with Crippen molar-refractivity contribution in [2.24, 2.45) is 0 Å². The fourth-order valence-electron chi connectivity index (χ4n) is 5.63. The third kappa shape index (κ3) is 8.54. The molecule has 5 rings (SSSR count). The lowest BCUT2D eigenvalue weighted by Gasteiger charge is -2.34. The highest BCUT2D eigenvalue weighted by Gasteiger charge is 2.41. The molecular formula is C38H47N4O8+. The Balaban J connectivity index is 1.44. The molecule has 2 aliphatic heterocycles. The Bertz CT molecular complexity index is 1810. The molecule has 0 spiro atoms. The molecule has 0 fully saturated rings. The van der Waals surface area contributed by atoms with Crippen LogP contribution in [-0.4, -0.2) is 59.4 Å². The maximum Gasteiger partial charge on any atom is 0.521 e. The van der Waals surface area contributed by atoms with Crippen molar-refractivity contribution >= 4 is 41.1 Å². The van der Waals surface area contributed by atoms with Gasteiger partial charge in [0.15, 0.2) is 12.2 Å². The van der Waals surface area contributed by atoms with Crippen LogP contribution in [0, 0.1) is 0 Å². The van der Waals surface area contributed by atoms with E-state index in [1.807, 2.05) is 71.9 Å². The first kappa shape index (κ1) is 36.2. The van der Waals surface area contributed by atoms with Crippen LogP contribution in [0.25, 0.3) is 0 Å². The van der Waals surface area contributed by atoms with E-state index in [0.29, 0.717) is 28.6 Å². The minimum atomic E-state index is -0.753. The van der Waals surface area contributed by atoms with Crippen LogP contribution in [-0.2, 0) is 38.7 Å². The Morgan fingerprint density at radius 1 is 0.740 bits per heavy atom. The summed E-state index contributed by atoms with van der Waals surface area (Å²) in [6.07, 6.45) is -2.21. The maximum atomic E-state index is 13.9. The molecule has 0 aliphatic carbocycles. The van der Waals surface area contributed by atoms with Crippen LogP contribution in [0.3, 0.4) is 0 Å². The largest absolute Gasteiger partial charge is 0.521 e. The standard InChI is InChI=1S/C38H46N4O8/c1-23-33(43)39-29-18-26(13-15-31(29)47-23)21-41(35(45)49-37(3,4)5)20-25-11-10-12-27(17-25)22-42(9,36(46)50-38(6,7)8)28-14-16-32-30(19-28)40-34(44)24(2)48-32/h10-19,23-24H,20-22H2,1-9H3,(H-,39,40,43,44)/p+1. The summed E-state index contributed by atoms with van der Waals surface area (Å²) in [7, 11) is 1.77. The Labute approximate surface area is 293 Å². The van der Waals surface area contributed by atoms with E-state index in [0.717, 1.165) is 16.7 Å². The third-order valence-electron chi connectivity index (χ3n) is 8.12. The molecule has 0 saturated heterocycles. The first-order valence-electron chi connectivity index (χ1n) is 16.7. The lowest BCUT2D eigenvalue weighted by atomic mass is 10.1. The second-order valence-corrected chi connectivity index (χ2v) is 15.0. The fourth-order valence-corrected chi connectivity index (χ4v) is 5.63. The number of ether oxygens (including phenoxy) is 4. The number of nitrogens with zero attached hydrogens (tertiary/aromatic N) is 2. The van der Waals surface area contributed by atoms with Gasteiger partial charge in [-0.05, 0) is 90.8 Å². The SMILES string of the molecule is CC1Oc2ccc(CN(Cc3cccc(C[N+](C)(C(=O)OC(C)(C)C)c4ccc5c(c4)NC(=O)C(C)O5)c3)C(=O)OC(C)(C)C)cc2NC1=O. The molecule has 0 bridgehead atoms. The topological polar surface area (TPSA) is 133 Å². The second-order valence-electron chi connectivity index (χ2n) is 15.0. The first-order chi connectivity index (χ1) is 23.3. The molecule has 3 unspecified atom stereocenters. The van der Waals surface area contributed by atoms with E-state index in [2.05, 4.69) is 10.6 Å². The number of carbonyl (C=O) groups is 4. The minimum Gasteiger partial charge on any atom is -0.479 e. The zero-order chi connectivity index (χ0) is 36.6. The van der Waals surface area contributed by atoms with Gasteiger partial charge in [0.2, 0.25) is 0 Å². The van der Waals surface area contributed by atoms with Crippen molar-refractivity contribution in [3.8, 4) is 11.5 Å². The van der Waals surface area contributed by atoms with E-state index in [1.54, 1.807) is 56.1 Å². The fraction of sp³-hybridized carbons (Fsp3) is 0.421. The minimum absolute atomic E-state index is 0.199. The van der Waals surface area contributed by atoms with E-state index >= 15 is 0 Å². The van der Waals surface area contributed by atoms with Crippen molar-refractivity contribution in [1.82, 2.24) is 9.38 Å². The van der Waals surface area contributed by atoms with Crippen molar-refractivity contribution < 1.29 is 38.1 Å². The number of carbonyl (C=O) groups excluding carboxylic acids is 4. The molecule has 2 N–H and O–H groups in total. The highest BCUT2D eigenvalue weighted by atomic mass is 16.6. The molecule has 0 aromatic heterocycles. The summed E-state index contributed by atoms with van der Waals surface area (Å²) in [4.78, 5) is 53.7. The number of quaternary nitrogens is 1. The van der Waals surface area contributed by atoms with Gasteiger partial charge in [0.25, 0.3) is 11.8 Å². The monoisotopic (exact) mass is 687 g/mol. The summed E-state index contributed by atoms with van der Waals surface area (Å²) in [5.74, 6) is 0.567. The molecule has 12 nitrogen and oxygen atoms in total. The number of benzene rings is 3. The highest BCUT2D eigenvalue weighted by Crippen LogP contribution is 2.37. The van der Waals surface area contributed by atoms with Crippen LogP contribution in [0.15, 0.2) is 60.7 Å². The van der Waals surface area contributed by atoms with E-state index in [9.17, 15) is 19.2 Å². The molecule has 3 aromatic rings. The quantitative estimate of drug-likeness (QED) is 0.251.